The molecule has 2 N–H and O–H groups in total. The number of rotatable bonds is 8. The third-order valence-corrected chi connectivity index (χ3v) is 8.51. The first-order chi connectivity index (χ1) is 15.3. The predicted molar refractivity (Wildman–Crippen MR) is 119 cm³/mol. The van der Waals surface area contributed by atoms with Gasteiger partial charge in [0.1, 0.15) is 0 Å². The molecule has 178 valence electrons. The lowest BCUT2D eigenvalue weighted by Gasteiger charge is -2.41. The number of sulfonamides is 1. The Hall–Kier alpha value is -2.05. The van der Waals surface area contributed by atoms with Gasteiger partial charge in [-0.2, -0.15) is 4.31 Å². The molecule has 3 rings (SSSR count). The highest BCUT2D eigenvalue weighted by molar-refractivity contribution is 7.89. The molecule has 1 aromatic carbocycles. The first kappa shape index (κ1) is 24.6. The number of hydrogen-bond donors (Lipinski definition) is 2. The van der Waals surface area contributed by atoms with Gasteiger partial charge in [-0.3, -0.25) is 19.7 Å². The fraction of sp³-hybridized carbons (Fsp3) is 0.619. The molecule has 2 saturated heterocycles. The molecule has 1 aromatic rings. The number of Topliss-reactive ketones (excluding diaryl/α,β-unsaturated/α-hetero) is 1. The highest BCUT2D eigenvalue weighted by Gasteiger charge is 2.41. The summed E-state index contributed by atoms with van der Waals surface area (Å²) in [4.78, 5) is 27.5. The number of benzene rings is 1. The Morgan fingerprint density at radius 2 is 1.78 bits per heavy atom. The van der Waals surface area contributed by atoms with Gasteiger partial charge in [-0.1, -0.05) is 0 Å². The van der Waals surface area contributed by atoms with Crippen molar-refractivity contribution in [2.24, 2.45) is 5.92 Å². The third-order valence-electron chi connectivity index (χ3n) is 6.24. The smallest absolute Gasteiger partial charge is 0.247 e. The summed E-state index contributed by atoms with van der Waals surface area (Å²) >= 11 is 0. The number of ether oxygens (including phenoxy) is 1. The summed E-state index contributed by atoms with van der Waals surface area (Å²) in [7, 11) is -2.05. The van der Waals surface area contributed by atoms with Gasteiger partial charge in [-0.25, -0.2) is 13.9 Å². The van der Waals surface area contributed by atoms with Gasteiger partial charge >= 0.3 is 0 Å². The summed E-state index contributed by atoms with van der Waals surface area (Å²) in [6.07, 6.45) is 0.172. The number of carbonyl (C=O) groups is 2. The normalized spacial score (nSPS) is 23.2. The van der Waals surface area contributed by atoms with Crippen molar-refractivity contribution in [3.63, 3.8) is 0 Å². The first-order valence-corrected chi connectivity index (χ1v) is 12.3. The Morgan fingerprint density at radius 1 is 1.12 bits per heavy atom. The van der Waals surface area contributed by atoms with Gasteiger partial charge in [0, 0.05) is 64.2 Å². The largest absolute Gasteiger partial charge is 0.383 e. The van der Waals surface area contributed by atoms with Crippen LogP contribution in [-0.2, 0) is 19.6 Å². The molecular formula is C21H32N4O6S. The monoisotopic (exact) mass is 468 g/mol. The standard InChI is InChI=1S/C21H32N4O6S/c1-16(26)17-3-5-19(6-4-17)24-7-9-25(10-8-24)32(29,30)20-13-18(21(27)22-28)14-23(15-20)11-12-31-2/h3-6,18,20,28H,7-15H2,1-2H3,(H,22,27). The van der Waals surface area contributed by atoms with E-state index < -0.39 is 27.1 Å². The van der Waals surface area contributed by atoms with E-state index in [0.29, 0.717) is 58.0 Å². The van der Waals surface area contributed by atoms with Gasteiger partial charge in [0.15, 0.2) is 5.78 Å². The second-order valence-electron chi connectivity index (χ2n) is 8.32. The summed E-state index contributed by atoms with van der Waals surface area (Å²) < 4.78 is 33.4. The summed E-state index contributed by atoms with van der Waals surface area (Å²) in [5, 5.41) is 8.32. The number of likely N-dealkylation sites (tertiary alicyclic amines) is 1. The molecular weight excluding hydrogens is 436 g/mol. The van der Waals surface area contributed by atoms with Crippen LogP contribution in [0.3, 0.4) is 0 Å². The molecule has 2 aliphatic heterocycles. The number of hydroxylamine groups is 1. The lowest BCUT2D eigenvalue weighted by molar-refractivity contribution is -0.135. The molecule has 1 amide bonds. The number of hydrogen-bond acceptors (Lipinski definition) is 8. The molecule has 0 saturated carbocycles. The molecule has 0 spiro atoms. The van der Waals surface area contributed by atoms with Gasteiger partial charge in [0.2, 0.25) is 15.9 Å². The van der Waals surface area contributed by atoms with Crippen LogP contribution >= 0.6 is 0 Å². The lowest BCUT2D eigenvalue weighted by atomic mass is 9.97. The second kappa shape index (κ2) is 10.7. The van der Waals surface area contributed by atoms with E-state index in [1.165, 1.54) is 11.2 Å². The maximum absolute atomic E-state index is 13.4. The highest BCUT2D eigenvalue weighted by atomic mass is 32.2. The second-order valence-corrected chi connectivity index (χ2v) is 10.5. The summed E-state index contributed by atoms with van der Waals surface area (Å²) in [5.74, 6) is -1.16. The Morgan fingerprint density at radius 3 is 2.34 bits per heavy atom. The van der Waals surface area contributed by atoms with Crippen LogP contribution in [0.25, 0.3) is 0 Å². The van der Waals surface area contributed by atoms with E-state index in [-0.39, 0.29) is 12.2 Å². The number of piperazine rings is 1. The van der Waals surface area contributed by atoms with Crippen molar-refractivity contribution in [3.8, 4) is 0 Å². The van der Waals surface area contributed by atoms with E-state index in [9.17, 15) is 18.0 Å². The van der Waals surface area contributed by atoms with Crippen molar-refractivity contribution in [1.82, 2.24) is 14.7 Å². The van der Waals surface area contributed by atoms with Gasteiger partial charge in [0.25, 0.3) is 0 Å². The van der Waals surface area contributed by atoms with Crippen LogP contribution in [0.5, 0.6) is 0 Å². The SMILES string of the molecule is COCCN1CC(C(=O)NO)CC(S(=O)(=O)N2CCN(c3ccc(C(C)=O)cc3)CC2)C1. The van der Waals surface area contributed by atoms with Crippen molar-refractivity contribution in [2.75, 3.05) is 64.4 Å². The van der Waals surface area contributed by atoms with E-state index in [4.69, 9.17) is 9.94 Å². The van der Waals surface area contributed by atoms with Crippen molar-refractivity contribution in [3.05, 3.63) is 29.8 Å². The van der Waals surface area contributed by atoms with Crippen LogP contribution in [-0.4, -0.2) is 99.3 Å². The van der Waals surface area contributed by atoms with Crippen LogP contribution in [0.1, 0.15) is 23.7 Å². The average Bonchev–Trinajstić information content (AvgIpc) is 2.82. The Bertz CT molecular complexity index is 899. The molecule has 2 aliphatic rings. The van der Waals surface area contributed by atoms with Crippen LogP contribution in [0.4, 0.5) is 5.69 Å². The molecule has 10 nitrogen and oxygen atoms in total. The Kier molecular flexibility index (Phi) is 8.23. The molecule has 0 aromatic heterocycles. The van der Waals surface area contributed by atoms with Gasteiger partial charge in [-0.15, -0.1) is 0 Å². The predicted octanol–water partition coefficient (Wildman–Crippen LogP) is 0.183. The molecule has 0 aliphatic carbocycles. The zero-order valence-corrected chi connectivity index (χ0v) is 19.4. The molecule has 2 unspecified atom stereocenters. The maximum Gasteiger partial charge on any atom is 0.247 e. The quantitative estimate of drug-likeness (QED) is 0.315. The van der Waals surface area contributed by atoms with Crippen LogP contribution in [0.2, 0.25) is 0 Å². The molecule has 0 bridgehead atoms. The van der Waals surface area contributed by atoms with E-state index in [1.807, 2.05) is 17.0 Å². The van der Waals surface area contributed by atoms with Crippen molar-refractivity contribution >= 4 is 27.4 Å². The molecule has 2 heterocycles. The topological polar surface area (TPSA) is 119 Å². The number of amides is 1. The van der Waals surface area contributed by atoms with E-state index in [1.54, 1.807) is 24.7 Å². The number of methoxy groups -OCH3 is 1. The fourth-order valence-electron chi connectivity index (χ4n) is 4.36. The number of piperidine rings is 1. The third kappa shape index (κ3) is 5.65. The van der Waals surface area contributed by atoms with E-state index in [2.05, 4.69) is 4.90 Å². The van der Waals surface area contributed by atoms with E-state index >= 15 is 0 Å². The van der Waals surface area contributed by atoms with Gasteiger partial charge in [-0.05, 0) is 37.6 Å². The summed E-state index contributed by atoms with van der Waals surface area (Å²) in [5.41, 5.74) is 3.26. The minimum Gasteiger partial charge on any atom is -0.383 e. The first-order valence-electron chi connectivity index (χ1n) is 10.8. The van der Waals surface area contributed by atoms with Crippen molar-refractivity contribution in [1.29, 1.82) is 0 Å². The Balaban J connectivity index is 1.66. The Labute approximate surface area is 189 Å². The molecule has 2 fully saturated rings. The van der Waals surface area contributed by atoms with Crippen LogP contribution < -0.4 is 10.4 Å². The zero-order valence-electron chi connectivity index (χ0n) is 18.6. The maximum atomic E-state index is 13.4. The summed E-state index contributed by atoms with van der Waals surface area (Å²) in [6, 6.07) is 7.33. The molecule has 0 radical (unpaired) electrons. The van der Waals surface area contributed by atoms with Gasteiger partial charge in [0.05, 0.1) is 17.8 Å². The number of nitrogens with zero attached hydrogens (tertiary/aromatic N) is 3. The lowest BCUT2D eigenvalue weighted by Crippen LogP contribution is -2.56. The number of nitrogens with one attached hydrogen (secondary N) is 1. The number of carbonyl (C=O) groups excluding carboxylic acids is 2. The fourth-order valence-corrected chi connectivity index (χ4v) is 6.33. The summed E-state index contributed by atoms with van der Waals surface area (Å²) in [6.45, 7) is 4.96. The highest BCUT2D eigenvalue weighted by Crippen LogP contribution is 2.26. The van der Waals surface area contributed by atoms with Crippen LogP contribution in [0.15, 0.2) is 24.3 Å². The minimum absolute atomic E-state index is 0.00710. The molecule has 2 atom stereocenters. The molecule has 11 heteroatoms. The van der Waals surface area contributed by atoms with Crippen LogP contribution in [0, 0.1) is 5.92 Å². The van der Waals surface area contributed by atoms with Crippen molar-refractivity contribution < 1.29 is 28.0 Å². The molecule has 32 heavy (non-hydrogen) atoms. The zero-order chi connectivity index (χ0) is 23.3. The average molecular weight is 469 g/mol. The van der Waals surface area contributed by atoms with Crippen molar-refractivity contribution in [2.45, 2.75) is 18.6 Å². The van der Waals surface area contributed by atoms with Gasteiger partial charge < -0.3 is 9.64 Å². The van der Waals surface area contributed by atoms with E-state index in [0.717, 1.165) is 5.69 Å². The number of anilines is 1. The minimum atomic E-state index is -3.62. The number of ketones is 1.